The molecule has 0 radical (unpaired) electrons. The van der Waals surface area contributed by atoms with Gasteiger partial charge in [0.2, 0.25) is 0 Å². The Balaban J connectivity index is 2.10. The molecule has 1 amide bonds. The van der Waals surface area contributed by atoms with Crippen LogP contribution in [0.4, 0.5) is 5.82 Å². The molecule has 1 fully saturated rings. The standard InChI is InChI=1S/C13H22N6O/c1-3-15-13(20)11-4-5-12(17-16-11)19-7-6-18(2)9-10(19)8-14/h4-5,10H,3,6-9,14H2,1-2H3,(H,15,20). The second-order valence-corrected chi connectivity index (χ2v) is 4.98. The molecule has 0 saturated carbocycles. The van der Waals surface area contributed by atoms with Gasteiger partial charge in [-0.2, -0.15) is 0 Å². The van der Waals surface area contributed by atoms with Gasteiger partial charge in [-0.25, -0.2) is 0 Å². The maximum absolute atomic E-state index is 11.6. The Bertz CT molecular complexity index is 449. The van der Waals surface area contributed by atoms with Crippen LogP contribution < -0.4 is 16.0 Å². The Hall–Kier alpha value is -1.73. The summed E-state index contributed by atoms with van der Waals surface area (Å²) in [7, 11) is 2.09. The Morgan fingerprint density at radius 2 is 2.25 bits per heavy atom. The SMILES string of the molecule is CCNC(=O)c1ccc(N2CCN(C)CC2CN)nn1. The molecule has 1 aromatic heterocycles. The van der Waals surface area contributed by atoms with Gasteiger partial charge in [-0.3, -0.25) is 4.79 Å². The maximum Gasteiger partial charge on any atom is 0.271 e. The van der Waals surface area contributed by atoms with E-state index in [4.69, 9.17) is 5.73 Å². The number of aromatic nitrogens is 2. The number of anilines is 1. The van der Waals surface area contributed by atoms with Crippen LogP contribution in [0, 0.1) is 0 Å². The van der Waals surface area contributed by atoms with E-state index < -0.39 is 0 Å². The zero-order valence-electron chi connectivity index (χ0n) is 12.0. The number of rotatable bonds is 4. The van der Waals surface area contributed by atoms with E-state index in [1.807, 2.05) is 13.0 Å². The lowest BCUT2D eigenvalue weighted by Crippen LogP contribution is -2.55. The van der Waals surface area contributed by atoms with Crippen molar-refractivity contribution < 1.29 is 4.79 Å². The first-order valence-electron chi connectivity index (χ1n) is 6.93. The molecule has 0 aliphatic carbocycles. The number of nitrogens with zero attached hydrogens (tertiary/aromatic N) is 4. The van der Waals surface area contributed by atoms with Crippen LogP contribution in [-0.2, 0) is 0 Å². The van der Waals surface area contributed by atoms with Crippen molar-refractivity contribution in [1.82, 2.24) is 20.4 Å². The van der Waals surface area contributed by atoms with Crippen LogP contribution in [0.2, 0.25) is 0 Å². The largest absolute Gasteiger partial charge is 0.351 e. The van der Waals surface area contributed by atoms with E-state index in [1.54, 1.807) is 6.07 Å². The van der Waals surface area contributed by atoms with Gasteiger partial charge in [0.15, 0.2) is 11.5 Å². The van der Waals surface area contributed by atoms with Crippen LogP contribution in [0.25, 0.3) is 0 Å². The number of amides is 1. The van der Waals surface area contributed by atoms with Gasteiger partial charge >= 0.3 is 0 Å². The van der Waals surface area contributed by atoms with Crippen LogP contribution in [-0.4, -0.2) is 66.8 Å². The van der Waals surface area contributed by atoms with Crippen LogP contribution in [0.15, 0.2) is 12.1 Å². The van der Waals surface area contributed by atoms with Crippen molar-refractivity contribution in [2.24, 2.45) is 5.73 Å². The second kappa shape index (κ2) is 6.62. The van der Waals surface area contributed by atoms with Crippen LogP contribution in [0.1, 0.15) is 17.4 Å². The van der Waals surface area contributed by atoms with E-state index in [1.165, 1.54) is 0 Å². The molecule has 2 rings (SSSR count). The number of carbonyl (C=O) groups excluding carboxylic acids is 1. The number of piperazine rings is 1. The number of hydrogen-bond acceptors (Lipinski definition) is 6. The summed E-state index contributed by atoms with van der Waals surface area (Å²) in [5, 5.41) is 10.9. The minimum atomic E-state index is -0.194. The summed E-state index contributed by atoms with van der Waals surface area (Å²) < 4.78 is 0. The summed E-state index contributed by atoms with van der Waals surface area (Å²) >= 11 is 0. The van der Waals surface area contributed by atoms with E-state index in [9.17, 15) is 4.79 Å². The van der Waals surface area contributed by atoms with E-state index in [2.05, 4.69) is 32.4 Å². The number of carbonyl (C=O) groups is 1. The minimum Gasteiger partial charge on any atom is -0.351 e. The highest BCUT2D eigenvalue weighted by atomic mass is 16.1. The van der Waals surface area contributed by atoms with Gasteiger partial charge in [0, 0.05) is 32.7 Å². The van der Waals surface area contributed by atoms with Crippen molar-refractivity contribution in [2.45, 2.75) is 13.0 Å². The summed E-state index contributed by atoms with van der Waals surface area (Å²) in [4.78, 5) is 16.1. The first kappa shape index (κ1) is 14.7. The molecule has 1 atom stereocenters. The lowest BCUT2D eigenvalue weighted by molar-refractivity contribution is 0.0950. The van der Waals surface area contributed by atoms with E-state index in [0.717, 1.165) is 25.5 Å². The molecule has 2 heterocycles. The molecular formula is C13H22N6O. The zero-order chi connectivity index (χ0) is 14.5. The summed E-state index contributed by atoms with van der Waals surface area (Å²) in [6.07, 6.45) is 0. The fraction of sp³-hybridized carbons (Fsp3) is 0.615. The molecule has 1 aliphatic rings. The van der Waals surface area contributed by atoms with Crippen molar-refractivity contribution >= 4 is 11.7 Å². The highest BCUT2D eigenvalue weighted by molar-refractivity contribution is 5.92. The molecule has 110 valence electrons. The van der Waals surface area contributed by atoms with Gasteiger partial charge in [-0.05, 0) is 26.1 Å². The molecule has 0 aromatic carbocycles. The van der Waals surface area contributed by atoms with Gasteiger partial charge in [-0.15, -0.1) is 10.2 Å². The number of nitrogens with one attached hydrogen (secondary N) is 1. The number of hydrogen-bond donors (Lipinski definition) is 2. The molecule has 20 heavy (non-hydrogen) atoms. The molecule has 1 aliphatic heterocycles. The second-order valence-electron chi connectivity index (χ2n) is 4.98. The Morgan fingerprint density at radius 3 is 2.85 bits per heavy atom. The third kappa shape index (κ3) is 3.23. The lowest BCUT2D eigenvalue weighted by Gasteiger charge is -2.40. The van der Waals surface area contributed by atoms with Crippen molar-refractivity contribution in [2.75, 3.05) is 44.7 Å². The third-order valence-electron chi connectivity index (χ3n) is 3.47. The average Bonchev–Trinajstić information content (AvgIpc) is 2.47. The van der Waals surface area contributed by atoms with Gasteiger partial charge < -0.3 is 20.9 Å². The normalized spacial score (nSPS) is 19.9. The summed E-state index contributed by atoms with van der Waals surface area (Å²) in [5.74, 6) is 0.585. The molecule has 1 aromatic rings. The molecule has 1 unspecified atom stereocenters. The highest BCUT2D eigenvalue weighted by Gasteiger charge is 2.25. The number of nitrogens with two attached hydrogens (primary N) is 1. The topological polar surface area (TPSA) is 87.4 Å². The minimum absolute atomic E-state index is 0.194. The predicted octanol–water partition coefficient (Wildman–Crippen LogP) is -0.695. The molecule has 0 spiro atoms. The van der Waals surface area contributed by atoms with E-state index in [-0.39, 0.29) is 11.9 Å². The highest BCUT2D eigenvalue weighted by Crippen LogP contribution is 2.16. The molecular weight excluding hydrogens is 256 g/mol. The van der Waals surface area contributed by atoms with Gasteiger partial charge in [0.05, 0.1) is 6.04 Å². The monoisotopic (exact) mass is 278 g/mol. The van der Waals surface area contributed by atoms with Gasteiger partial charge in [0.25, 0.3) is 5.91 Å². The Labute approximate surface area is 119 Å². The molecule has 7 nitrogen and oxygen atoms in total. The quantitative estimate of drug-likeness (QED) is 0.758. The van der Waals surface area contributed by atoms with Gasteiger partial charge in [0.1, 0.15) is 0 Å². The first-order valence-corrected chi connectivity index (χ1v) is 6.93. The average molecular weight is 278 g/mol. The summed E-state index contributed by atoms with van der Waals surface area (Å²) in [6.45, 7) is 5.77. The van der Waals surface area contributed by atoms with Crippen LogP contribution in [0.3, 0.4) is 0 Å². The third-order valence-corrected chi connectivity index (χ3v) is 3.47. The molecule has 7 heteroatoms. The van der Waals surface area contributed by atoms with Crippen molar-refractivity contribution in [3.8, 4) is 0 Å². The fourth-order valence-corrected chi connectivity index (χ4v) is 2.36. The summed E-state index contributed by atoms with van der Waals surface area (Å²) in [5.41, 5.74) is 6.17. The first-order chi connectivity index (χ1) is 9.65. The van der Waals surface area contributed by atoms with Crippen LogP contribution in [0.5, 0.6) is 0 Å². The van der Waals surface area contributed by atoms with E-state index in [0.29, 0.717) is 18.8 Å². The molecule has 0 bridgehead atoms. The maximum atomic E-state index is 11.6. The smallest absolute Gasteiger partial charge is 0.271 e. The van der Waals surface area contributed by atoms with Gasteiger partial charge in [-0.1, -0.05) is 0 Å². The van der Waals surface area contributed by atoms with Crippen molar-refractivity contribution in [1.29, 1.82) is 0 Å². The Kier molecular flexibility index (Phi) is 4.86. The van der Waals surface area contributed by atoms with E-state index >= 15 is 0 Å². The summed E-state index contributed by atoms with van der Waals surface area (Å²) in [6, 6.07) is 3.78. The molecule has 1 saturated heterocycles. The Morgan fingerprint density at radius 1 is 1.45 bits per heavy atom. The fourth-order valence-electron chi connectivity index (χ4n) is 2.36. The zero-order valence-corrected chi connectivity index (χ0v) is 12.0. The lowest BCUT2D eigenvalue weighted by atomic mass is 10.1. The van der Waals surface area contributed by atoms with Crippen molar-refractivity contribution in [3.05, 3.63) is 17.8 Å². The predicted molar refractivity (Wildman–Crippen MR) is 77.7 cm³/mol. The van der Waals surface area contributed by atoms with Crippen molar-refractivity contribution in [3.63, 3.8) is 0 Å². The molecule has 3 N–H and O–H groups in total. The van der Waals surface area contributed by atoms with Crippen LogP contribution >= 0.6 is 0 Å². The number of likely N-dealkylation sites (N-methyl/N-ethyl adjacent to an activating group) is 1.